The number of hydrogen-bond acceptors (Lipinski definition) is 3. The van der Waals surface area contributed by atoms with Crippen molar-refractivity contribution < 1.29 is 4.79 Å². The summed E-state index contributed by atoms with van der Waals surface area (Å²) in [5, 5.41) is 2.81. The number of benzene rings is 1. The Bertz CT molecular complexity index is 372. The standard InChI is InChI=1S/C13H20N2OS.ClH/c1-10(2)7-8-17-9-13(16)15-12-6-4-3-5-11(12)14;/h3-6,10H,7-9,14H2,1-2H3,(H,15,16);1H. The maximum Gasteiger partial charge on any atom is 0.234 e. The van der Waals surface area contributed by atoms with Crippen molar-refractivity contribution in [3.8, 4) is 0 Å². The van der Waals surface area contributed by atoms with Crippen LogP contribution >= 0.6 is 24.2 Å². The van der Waals surface area contributed by atoms with Crippen LogP contribution in [0.1, 0.15) is 20.3 Å². The first-order valence-electron chi connectivity index (χ1n) is 5.81. The third-order valence-electron chi connectivity index (χ3n) is 2.31. The molecule has 0 fully saturated rings. The molecule has 1 amide bonds. The van der Waals surface area contributed by atoms with Gasteiger partial charge in [-0.2, -0.15) is 11.8 Å². The van der Waals surface area contributed by atoms with Crippen molar-refractivity contribution in [1.82, 2.24) is 0 Å². The molecule has 1 rings (SSSR count). The summed E-state index contributed by atoms with van der Waals surface area (Å²) in [5.41, 5.74) is 7.04. The topological polar surface area (TPSA) is 55.1 Å². The largest absolute Gasteiger partial charge is 0.397 e. The summed E-state index contributed by atoms with van der Waals surface area (Å²) in [6.45, 7) is 4.37. The van der Waals surface area contributed by atoms with Gasteiger partial charge < -0.3 is 11.1 Å². The van der Waals surface area contributed by atoms with E-state index in [1.54, 1.807) is 17.8 Å². The lowest BCUT2D eigenvalue weighted by Crippen LogP contribution is -2.15. The van der Waals surface area contributed by atoms with Crippen LogP contribution in [-0.4, -0.2) is 17.4 Å². The van der Waals surface area contributed by atoms with Gasteiger partial charge in [-0.25, -0.2) is 0 Å². The molecule has 0 aliphatic heterocycles. The average Bonchev–Trinajstić information content (AvgIpc) is 2.27. The summed E-state index contributed by atoms with van der Waals surface area (Å²) in [7, 11) is 0. The molecule has 1 aromatic rings. The van der Waals surface area contributed by atoms with E-state index in [2.05, 4.69) is 19.2 Å². The summed E-state index contributed by atoms with van der Waals surface area (Å²) in [5.74, 6) is 2.21. The molecule has 0 bridgehead atoms. The molecule has 0 aliphatic rings. The fourth-order valence-corrected chi connectivity index (χ4v) is 2.32. The Morgan fingerprint density at radius 1 is 1.39 bits per heavy atom. The highest BCUT2D eigenvalue weighted by molar-refractivity contribution is 7.99. The Kier molecular flexibility index (Phi) is 8.67. The highest BCUT2D eigenvalue weighted by atomic mass is 35.5. The van der Waals surface area contributed by atoms with E-state index >= 15 is 0 Å². The highest BCUT2D eigenvalue weighted by Crippen LogP contribution is 2.17. The lowest BCUT2D eigenvalue weighted by atomic mass is 10.2. The molecular formula is C13H21ClN2OS. The Morgan fingerprint density at radius 3 is 2.67 bits per heavy atom. The van der Waals surface area contributed by atoms with Gasteiger partial charge in [0.25, 0.3) is 0 Å². The monoisotopic (exact) mass is 288 g/mol. The number of hydrogen-bond donors (Lipinski definition) is 2. The molecular weight excluding hydrogens is 268 g/mol. The summed E-state index contributed by atoms with van der Waals surface area (Å²) < 4.78 is 0. The number of anilines is 2. The molecule has 18 heavy (non-hydrogen) atoms. The molecule has 5 heteroatoms. The van der Waals surface area contributed by atoms with Gasteiger partial charge in [0.15, 0.2) is 0 Å². The van der Waals surface area contributed by atoms with Gasteiger partial charge >= 0.3 is 0 Å². The number of thioether (sulfide) groups is 1. The minimum Gasteiger partial charge on any atom is -0.397 e. The first-order valence-corrected chi connectivity index (χ1v) is 6.97. The summed E-state index contributed by atoms with van der Waals surface area (Å²) in [6, 6.07) is 7.30. The predicted molar refractivity (Wildman–Crippen MR) is 83.5 cm³/mol. The van der Waals surface area contributed by atoms with Gasteiger partial charge in [-0.3, -0.25) is 4.79 Å². The van der Waals surface area contributed by atoms with Crippen LogP contribution in [-0.2, 0) is 4.79 Å². The van der Waals surface area contributed by atoms with Gasteiger partial charge in [0.05, 0.1) is 17.1 Å². The normalized spacial score (nSPS) is 9.94. The number of nitrogen functional groups attached to an aromatic ring is 1. The smallest absolute Gasteiger partial charge is 0.234 e. The molecule has 1 aromatic carbocycles. The molecule has 0 saturated heterocycles. The van der Waals surface area contributed by atoms with Crippen LogP contribution in [0, 0.1) is 5.92 Å². The van der Waals surface area contributed by atoms with Gasteiger partial charge in [-0.1, -0.05) is 26.0 Å². The van der Waals surface area contributed by atoms with E-state index in [-0.39, 0.29) is 18.3 Å². The molecule has 0 aliphatic carbocycles. The number of para-hydroxylation sites is 2. The fourth-order valence-electron chi connectivity index (χ4n) is 1.28. The Morgan fingerprint density at radius 2 is 2.06 bits per heavy atom. The maximum atomic E-state index is 11.6. The van der Waals surface area contributed by atoms with Crippen molar-refractivity contribution in [3.63, 3.8) is 0 Å². The SMILES string of the molecule is CC(C)CCSCC(=O)Nc1ccccc1N.Cl. The van der Waals surface area contributed by atoms with E-state index in [0.29, 0.717) is 23.0 Å². The van der Waals surface area contributed by atoms with E-state index in [4.69, 9.17) is 5.73 Å². The molecule has 102 valence electrons. The molecule has 0 radical (unpaired) electrons. The van der Waals surface area contributed by atoms with Gasteiger partial charge in [0.1, 0.15) is 0 Å². The van der Waals surface area contributed by atoms with Crippen molar-refractivity contribution in [3.05, 3.63) is 24.3 Å². The first-order chi connectivity index (χ1) is 8.09. The van der Waals surface area contributed by atoms with Gasteiger partial charge in [0.2, 0.25) is 5.91 Å². The van der Waals surface area contributed by atoms with Crippen LogP contribution < -0.4 is 11.1 Å². The molecule has 0 spiro atoms. The van der Waals surface area contributed by atoms with Crippen LogP contribution in [0.3, 0.4) is 0 Å². The highest BCUT2D eigenvalue weighted by Gasteiger charge is 2.04. The average molecular weight is 289 g/mol. The lowest BCUT2D eigenvalue weighted by Gasteiger charge is -2.08. The van der Waals surface area contributed by atoms with E-state index < -0.39 is 0 Å². The Labute approximate surface area is 119 Å². The van der Waals surface area contributed by atoms with E-state index in [0.717, 1.165) is 12.2 Å². The van der Waals surface area contributed by atoms with E-state index in [9.17, 15) is 4.79 Å². The van der Waals surface area contributed by atoms with Crippen LogP contribution in [0.25, 0.3) is 0 Å². The van der Waals surface area contributed by atoms with Crippen LogP contribution in [0.2, 0.25) is 0 Å². The van der Waals surface area contributed by atoms with Crippen molar-refractivity contribution >= 4 is 41.5 Å². The van der Waals surface area contributed by atoms with Crippen LogP contribution in [0.5, 0.6) is 0 Å². The minimum absolute atomic E-state index is 0. The molecule has 3 N–H and O–H groups in total. The molecule has 0 saturated carbocycles. The number of nitrogens with two attached hydrogens (primary N) is 1. The van der Waals surface area contributed by atoms with Gasteiger partial charge in [-0.15, -0.1) is 12.4 Å². The van der Waals surface area contributed by atoms with Gasteiger partial charge in [-0.05, 0) is 30.2 Å². The summed E-state index contributed by atoms with van der Waals surface area (Å²) in [4.78, 5) is 11.6. The third kappa shape index (κ3) is 6.77. The summed E-state index contributed by atoms with van der Waals surface area (Å²) >= 11 is 1.66. The molecule has 0 heterocycles. The second-order valence-corrected chi connectivity index (χ2v) is 5.48. The lowest BCUT2D eigenvalue weighted by molar-refractivity contribution is -0.113. The van der Waals surface area contributed by atoms with Gasteiger partial charge in [0, 0.05) is 0 Å². The van der Waals surface area contributed by atoms with Crippen molar-refractivity contribution in [2.24, 2.45) is 5.92 Å². The zero-order valence-corrected chi connectivity index (χ0v) is 12.4. The molecule has 0 atom stereocenters. The zero-order valence-electron chi connectivity index (χ0n) is 10.8. The second kappa shape index (κ2) is 9.11. The second-order valence-electron chi connectivity index (χ2n) is 4.37. The van der Waals surface area contributed by atoms with Crippen molar-refractivity contribution in [2.75, 3.05) is 22.6 Å². The van der Waals surface area contributed by atoms with Crippen molar-refractivity contribution in [1.29, 1.82) is 0 Å². The molecule has 3 nitrogen and oxygen atoms in total. The first kappa shape index (κ1) is 17.1. The zero-order chi connectivity index (χ0) is 12.7. The number of halogens is 1. The fraction of sp³-hybridized carbons (Fsp3) is 0.462. The quantitative estimate of drug-likeness (QED) is 0.623. The van der Waals surface area contributed by atoms with Crippen LogP contribution in [0.15, 0.2) is 24.3 Å². The van der Waals surface area contributed by atoms with E-state index in [1.807, 2.05) is 18.2 Å². The molecule has 0 aromatic heterocycles. The van der Waals surface area contributed by atoms with Crippen LogP contribution in [0.4, 0.5) is 11.4 Å². The Balaban J connectivity index is 0.00000289. The predicted octanol–water partition coefficient (Wildman–Crippen LogP) is 3.41. The number of carbonyl (C=O) groups excluding carboxylic acids is 1. The van der Waals surface area contributed by atoms with E-state index in [1.165, 1.54) is 0 Å². The molecule has 0 unspecified atom stereocenters. The number of carbonyl (C=O) groups is 1. The Hall–Kier alpha value is -0.870. The maximum absolute atomic E-state index is 11.6. The summed E-state index contributed by atoms with van der Waals surface area (Å²) in [6.07, 6.45) is 1.14. The number of nitrogens with one attached hydrogen (secondary N) is 1. The van der Waals surface area contributed by atoms with Crippen molar-refractivity contribution in [2.45, 2.75) is 20.3 Å². The third-order valence-corrected chi connectivity index (χ3v) is 3.30. The number of amides is 1. The minimum atomic E-state index is 0. The number of rotatable bonds is 6.